The molecular formula is C22H34O3. The van der Waals surface area contributed by atoms with Gasteiger partial charge in [-0.15, -0.1) is 0 Å². The maximum absolute atomic E-state index is 11.2. The van der Waals surface area contributed by atoms with Crippen molar-refractivity contribution in [2.24, 2.45) is 23.7 Å². The second-order valence-electron chi connectivity index (χ2n) is 8.10. The van der Waals surface area contributed by atoms with E-state index in [0.717, 1.165) is 25.7 Å². The van der Waals surface area contributed by atoms with Crippen molar-refractivity contribution in [3.63, 3.8) is 0 Å². The molecule has 0 aromatic heterocycles. The number of fused-ring (bicyclic) bond motifs is 1. The summed E-state index contributed by atoms with van der Waals surface area (Å²) in [5.74, 6) is 0.930. The molecule has 0 heterocycles. The second-order valence-corrected chi connectivity index (χ2v) is 8.10. The molecule has 0 aromatic carbocycles. The number of rotatable bonds is 6. The van der Waals surface area contributed by atoms with Crippen LogP contribution in [0.5, 0.6) is 0 Å². The molecule has 1 N–H and O–H groups in total. The minimum Gasteiger partial charge on any atom is -0.461 e. The molecule has 0 bridgehead atoms. The third-order valence-electron chi connectivity index (χ3n) is 5.94. The smallest absolute Gasteiger partial charge is 0.302 e. The number of carbonyl (C=O) groups excluding carboxylic acids is 1. The van der Waals surface area contributed by atoms with E-state index in [-0.39, 0.29) is 29.8 Å². The van der Waals surface area contributed by atoms with Gasteiger partial charge in [0.05, 0.1) is 6.10 Å². The van der Waals surface area contributed by atoms with Crippen LogP contribution in [0.15, 0.2) is 34.9 Å². The quantitative estimate of drug-likeness (QED) is 0.554. The largest absolute Gasteiger partial charge is 0.461 e. The molecule has 2 aliphatic carbocycles. The number of esters is 1. The molecule has 0 spiro atoms. The highest BCUT2D eigenvalue weighted by atomic mass is 16.5. The third kappa shape index (κ3) is 5.07. The zero-order valence-corrected chi connectivity index (χ0v) is 16.4. The van der Waals surface area contributed by atoms with Crippen molar-refractivity contribution in [3.05, 3.63) is 34.9 Å². The summed E-state index contributed by atoms with van der Waals surface area (Å²) in [7, 11) is 0. The summed E-state index contributed by atoms with van der Waals surface area (Å²) in [4.78, 5) is 11.2. The van der Waals surface area contributed by atoms with E-state index in [4.69, 9.17) is 4.74 Å². The zero-order valence-electron chi connectivity index (χ0n) is 16.4. The van der Waals surface area contributed by atoms with Gasteiger partial charge in [-0.05, 0) is 69.8 Å². The molecule has 0 aliphatic heterocycles. The zero-order chi connectivity index (χ0) is 18.6. The lowest BCUT2D eigenvalue weighted by Gasteiger charge is -2.33. The van der Waals surface area contributed by atoms with E-state index >= 15 is 0 Å². The topological polar surface area (TPSA) is 46.5 Å². The number of hydrogen-bond acceptors (Lipinski definition) is 3. The van der Waals surface area contributed by atoms with Crippen LogP contribution in [-0.2, 0) is 9.53 Å². The summed E-state index contributed by atoms with van der Waals surface area (Å²) in [6, 6.07) is 0. The number of allylic oxidation sites excluding steroid dienone is 4. The van der Waals surface area contributed by atoms with Crippen LogP contribution in [0.25, 0.3) is 0 Å². The number of ether oxygens (including phenoxy) is 1. The van der Waals surface area contributed by atoms with E-state index in [2.05, 4.69) is 45.9 Å². The molecule has 0 aromatic rings. The lowest BCUT2D eigenvalue weighted by Crippen LogP contribution is -2.35. The second kappa shape index (κ2) is 8.84. The summed E-state index contributed by atoms with van der Waals surface area (Å²) < 4.78 is 5.28. The Morgan fingerprint density at radius 2 is 2.04 bits per heavy atom. The number of aliphatic hydroxyl groups excluding tert-OH is 1. The Hall–Kier alpha value is -1.35. The van der Waals surface area contributed by atoms with Crippen molar-refractivity contribution in [2.45, 2.75) is 66.4 Å². The molecular weight excluding hydrogens is 312 g/mol. The van der Waals surface area contributed by atoms with Crippen molar-refractivity contribution in [1.29, 1.82) is 0 Å². The molecule has 2 rings (SSSR count). The predicted molar refractivity (Wildman–Crippen MR) is 102 cm³/mol. The SMILES string of the molecule is CC(=O)OCC1=CC[C@@H]([C@H](C)CCC=C(C)C)[C@@H](O)[C@@H]2C(C)=CC[C@@H]12. The number of aliphatic hydroxyl groups is 1. The van der Waals surface area contributed by atoms with Gasteiger partial charge in [0.1, 0.15) is 6.61 Å². The van der Waals surface area contributed by atoms with E-state index in [0.29, 0.717) is 12.5 Å². The van der Waals surface area contributed by atoms with Crippen LogP contribution in [0.4, 0.5) is 0 Å². The maximum atomic E-state index is 11.2. The number of carbonyl (C=O) groups is 1. The molecule has 0 saturated carbocycles. The van der Waals surface area contributed by atoms with Crippen molar-refractivity contribution < 1.29 is 14.6 Å². The van der Waals surface area contributed by atoms with Gasteiger partial charge >= 0.3 is 5.97 Å². The maximum Gasteiger partial charge on any atom is 0.302 e. The Bertz CT molecular complexity index is 566. The summed E-state index contributed by atoms with van der Waals surface area (Å²) in [5, 5.41) is 11.2. The van der Waals surface area contributed by atoms with Crippen molar-refractivity contribution in [2.75, 3.05) is 6.61 Å². The van der Waals surface area contributed by atoms with Crippen LogP contribution in [0.2, 0.25) is 0 Å². The first-order chi connectivity index (χ1) is 11.8. The Labute approximate surface area is 152 Å². The van der Waals surface area contributed by atoms with Gasteiger partial charge in [0.2, 0.25) is 0 Å². The lowest BCUT2D eigenvalue weighted by molar-refractivity contribution is -0.140. The van der Waals surface area contributed by atoms with E-state index in [1.807, 2.05) is 0 Å². The Balaban J connectivity index is 2.15. The van der Waals surface area contributed by atoms with E-state index < -0.39 is 0 Å². The van der Waals surface area contributed by atoms with Crippen LogP contribution < -0.4 is 0 Å². The monoisotopic (exact) mass is 346 g/mol. The van der Waals surface area contributed by atoms with Crippen LogP contribution in [0.1, 0.15) is 60.3 Å². The van der Waals surface area contributed by atoms with Gasteiger partial charge in [-0.25, -0.2) is 0 Å². The fourth-order valence-corrected chi connectivity index (χ4v) is 4.42. The van der Waals surface area contributed by atoms with Crippen LogP contribution in [0, 0.1) is 23.7 Å². The van der Waals surface area contributed by atoms with Gasteiger partial charge < -0.3 is 9.84 Å². The van der Waals surface area contributed by atoms with E-state index in [1.165, 1.54) is 23.6 Å². The summed E-state index contributed by atoms with van der Waals surface area (Å²) in [6.07, 6.45) is 10.4. The van der Waals surface area contributed by atoms with Gasteiger partial charge in [-0.3, -0.25) is 4.79 Å². The number of hydrogen-bond donors (Lipinski definition) is 1. The molecule has 0 radical (unpaired) electrons. The molecule has 3 nitrogen and oxygen atoms in total. The van der Waals surface area contributed by atoms with Gasteiger partial charge in [0.15, 0.2) is 0 Å². The molecule has 25 heavy (non-hydrogen) atoms. The third-order valence-corrected chi connectivity index (χ3v) is 5.94. The van der Waals surface area contributed by atoms with Gasteiger partial charge in [-0.2, -0.15) is 0 Å². The average molecular weight is 347 g/mol. The normalized spacial score (nSPS) is 29.8. The first kappa shape index (κ1) is 20.0. The Kier molecular flexibility index (Phi) is 7.06. The lowest BCUT2D eigenvalue weighted by atomic mass is 9.75. The highest BCUT2D eigenvalue weighted by Gasteiger charge is 2.42. The summed E-state index contributed by atoms with van der Waals surface area (Å²) >= 11 is 0. The summed E-state index contributed by atoms with van der Waals surface area (Å²) in [5.41, 5.74) is 3.83. The van der Waals surface area contributed by atoms with Crippen LogP contribution >= 0.6 is 0 Å². The Morgan fingerprint density at radius 3 is 2.68 bits per heavy atom. The first-order valence-corrected chi connectivity index (χ1v) is 9.61. The van der Waals surface area contributed by atoms with Crippen molar-refractivity contribution in [1.82, 2.24) is 0 Å². The van der Waals surface area contributed by atoms with E-state index in [9.17, 15) is 9.90 Å². The Morgan fingerprint density at radius 1 is 1.32 bits per heavy atom. The summed E-state index contributed by atoms with van der Waals surface area (Å²) in [6.45, 7) is 10.5. The molecule has 0 unspecified atom stereocenters. The van der Waals surface area contributed by atoms with Crippen molar-refractivity contribution in [3.8, 4) is 0 Å². The highest BCUT2D eigenvalue weighted by molar-refractivity contribution is 5.66. The highest BCUT2D eigenvalue weighted by Crippen LogP contribution is 2.45. The first-order valence-electron chi connectivity index (χ1n) is 9.61. The van der Waals surface area contributed by atoms with Gasteiger partial charge in [0.25, 0.3) is 0 Å². The van der Waals surface area contributed by atoms with Crippen LogP contribution in [0.3, 0.4) is 0 Å². The van der Waals surface area contributed by atoms with Gasteiger partial charge in [0, 0.05) is 12.8 Å². The van der Waals surface area contributed by atoms with Gasteiger partial charge in [-0.1, -0.05) is 36.3 Å². The molecule has 140 valence electrons. The predicted octanol–water partition coefficient (Wildman–Crippen LogP) is 4.82. The van der Waals surface area contributed by atoms with E-state index in [1.54, 1.807) is 0 Å². The molecule has 3 heteroatoms. The molecule has 0 saturated heterocycles. The average Bonchev–Trinajstić information content (AvgIpc) is 2.84. The molecule has 2 aliphatic rings. The molecule has 0 amide bonds. The fraction of sp³-hybridized carbons (Fsp3) is 0.682. The fourth-order valence-electron chi connectivity index (χ4n) is 4.42. The minimum atomic E-state index is -0.323. The molecule has 5 atom stereocenters. The van der Waals surface area contributed by atoms with Crippen LogP contribution in [-0.4, -0.2) is 23.8 Å². The minimum absolute atomic E-state index is 0.167. The standard InChI is InChI=1S/C22H34O3/c1-14(2)7-6-8-15(3)19-12-10-18(13-25-17(5)23)20-11-9-16(4)21(20)22(19)24/h7,9-10,15,19-22,24H,6,8,11-13H2,1-5H3/t15-,19+,20+,21-,22-/m1/s1. The molecule has 0 fully saturated rings. The van der Waals surface area contributed by atoms with Crippen molar-refractivity contribution >= 4 is 5.97 Å².